The summed E-state index contributed by atoms with van der Waals surface area (Å²) in [6, 6.07) is 7.30. The van der Waals surface area contributed by atoms with Gasteiger partial charge in [-0.25, -0.2) is 0 Å². The predicted molar refractivity (Wildman–Crippen MR) is 109 cm³/mol. The number of primary amides is 1. The SMILES string of the molecule is C#CCC(NC(=O)C(Cc1ccccc1)NC(=O)C(C)CCCNC=O)C(N)=O. The lowest BCUT2D eigenvalue weighted by Crippen LogP contribution is -2.54. The Hall–Kier alpha value is -3.34. The molecule has 3 atom stereocenters. The van der Waals surface area contributed by atoms with Crippen LogP contribution < -0.4 is 21.7 Å². The first-order valence-corrected chi connectivity index (χ1v) is 9.43. The van der Waals surface area contributed by atoms with Crippen LogP contribution >= 0.6 is 0 Å². The van der Waals surface area contributed by atoms with E-state index in [9.17, 15) is 19.2 Å². The van der Waals surface area contributed by atoms with Crippen LogP contribution in [0.4, 0.5) is 0 Å². The van der Waals surface area contributed by atoms with Gasteiger partial charge in [-0.3, -0.25) is 19.2 Å². The van der Waals surface area contributed by atoms with Gasteiger partial charge in [-0.05, 0) is 18.4 Å². The van der Waals surface area contributed by atoms with E-state index in [1.165, 1.54) is 0 Å². The zero-order valence-corrected chi connectivity index (χ0v) is 16.5. The van der Waals surface area contributed by atoms with Crippen LogP contribution in [0.2, 0.25) is 0 Å². The van der Waals surface area contributed by atoms with Gasteiger partial charge in [0, 0.05) is 25.3 Å². The van der Waals surface area contributed by atoms with E-state index in [1.54, 1.807) is 6.92 Å². The van der Waals surface area contributed by atoms with Crippen molar-refractivity contribution in [3.63, 3.8) is 0 Å². The second kappa shape index (κ2) is 12.9. The number of benzene rings is 1. The fourth-order valence-electron chi connectivity index (χ4n) is 2.69. The summed E-state index contributed by atoms with van der Waals surface area (Å²) in [5.74, 6) is 0.385. The van der Waals surface area contributed by atoms with Gasteiger partial charge in [-0.2, -0.15) is 0 Å². The Morgan fingerprint density at radius 1 is 1.14 bits per heavy atom. The van der Waals surface area contributed by atoms with E-state index in [0.29, 0.717) is 25.8 Å². The average Bonchev–Trinajstić information content (AvgIpc) is 2.70. The molecule has 8 heteroatoms. The highest BCUT2D eigenvalue weighted by atomic mass is 16.2. The Bertz CT molecular complexity index is 730. The van der Waals surface area contributed by atoms with Gasteiger partial charge in [0.15, 0.2) is 0 Å². The highest BCUT2D eigenvalue weighted by Crippen LogP contribution is 2.09. The standard InChI is InChI=1S/C21H28N4O4/c1-3-8-17(19(22)27)24-21(29)18(13-16-10-5-4-6-11-16)25-20(28)15(2)9-7-12-23-14-26/h1,4-6,10-11,14-15,17-18H,7-9,12-13H2,2H3,(H2,22,27)(H,23,26)(H,24,29)(H,25,28). The lowest BCUT2D eigenvalue weighted by molar-refractivity contribution is -0.132. The van der Waals surface area contributed by atoms with Crippen molar-refractivity contribution in [1.29, 1.82) is 0 Å². The molecule has 0 spiro atoms. The Morgan fingerprint density at radius 2 is 1.79 bits per heavy atom. The molecule has 8 nitrogen and oxygen atoms in total. The molecule has 1 aromatic rings. The Kier molecular flexibility index (Phi) is 10.6. The molecular formula is C21H28N4O4. The number of terminal acetylenes is 1. The minimum absolute atomic E-state index is 0.0345. The number of hydrogen-bond acceptors (Lipinski definition) is 4. The molecule has 0 saturated carbocycles. The molecular weight excluding hydrogens is 372 g/mol. The number of amides is 4. The van der Waals surface area contributed by atoms with Crippen LogP contribution in [0.15, 0.2) is 30.3 Å². The first-order chi connectivity index (χ1) is 13.9. The summed E-state index contributed by atoms with van der Waals surface area (Å²) in [5, 5.41) is 7.81. The molecule has 0 aliphatic rings. The summed E-state index contributed by atoms with van der Waals surface area (Å²) in [6.07, 6.45) is 7.23. The third-order valence-electron chi connectivity index (χ3n) is 4.39. The highest BCUT2D eigenvalue weighted by Gasteiger charge is 2.27. The van der Waals surface area contributed by atoms with Crippen molar-refractivity contribution in [2.75, 3.05) is 6.54 Å². The van der Waals surface area contributed by atoms with Gasteiger partial charge in [0.1, 0.15) is 12.1 Å². The minimum atomic E-state index is -1.01. The van der Waals surface area contributed by atoms with Crippen LogP contribution in [0, 0.1) is 18.3 Å². The molecule has 0 aliphatic heterocycles. The Labute approximate surface area is 171 Å². The lowest BCUT2D eigenvalue weighted by Gasteiger charge is -2.23. The van der Waals surface area contributed by atoms with Gasteiger partial charge < -0.3 is 21.7 Å². The fourth-order valence-corrected chi connectivity index (χ4v) is 2.69. The van der Waals surface area contributed by atoms with E-state index < -0.39 is 23.9 Å². The summed E-state index contributed by atoms with van der Waals surface area (Å²) in [5.41, 5.74) is 6.14. The van der Waals surface area contributed by atoms with Crippen LogP contribution in [0.1, 0.15) is 31.7 Å². The van der Waals surface area contributed by atoms with Crippen molar-refractivity contribution in [1.82, 2.24) is 16.0 Å². The topological polar surface area (TPSA) is 130 Å². The highest BCUT2D eigenvalue weighted by molar-refractivity contribution is 5.92. The second-order valence-corrected chi connectivity index (χ2v) is 6.74. The van der Waals surface area contributed by atoms with Crippen molar-refractivity contribution >= 4 is 24.1 Å². The first-order valence-electron chi connectivity index (χ1n) is 9.43. The lowest BCUT2D eigenvalue weighted by atomic mass is 10.0. The quantitative estimate of drug-likeness (QED) is 0.209. The van der Waals surface area contributed by atoms with E-state index in [1.807, 2.05) is 30.3 Å². The summed E-state index contributed by atoms with van der Waals surface area (Å²) in [7, 11) is 0. The minimum Gasteiger partial charge on any atom is -0.368 e. The van der Waals surface area contributed by atoms with Gasteiger partial charge in [0.05, 0.1) is 0 Å². The summed E-state index contributed by atoms with van der Waals surface area (Å²) < 4.78 is 0. The van der Waals surface area contributed by atoms with E-state index in [0.717, 1.165) is 5.56 Å². The van der Waals surface area contributed by atoms with E-state index in [2.05, 4.69) is 21.9 Å². The smallest absolute Gasteiger partial charge is 0.243 e. The van der Waals surface area contributed by atoms with Crippen molar-refractivity contribution < 1.29 is 19.2 Å². The first kappa shape index (κ1) is 23.7. The Balaban J connectivity index is 2.83. The van der Waals surface area contributed by atoms with Gasteiger partial charge in [0.2, 0.25) is 24.1 Å². The van der Waals surface area contributed by atoms with Crippen LogP contribution in [0.5, 0.6) is 0 Å². The molecule has 0 aliphatic carbocycles. The predicted octanol–water partition coefficient (Wildman–Crippen LogP) is -0.130. The van der Waals surface area contributed by atoms with E-state index in [4.69, 9.17) is 12.2 Å². The van der Waals surface area contributed by atoms with Gasteiger partial charge in [-0.15, -0.1) is 12.3 Å². The van der Waals surface area contributed by atoms with Crippen molar-refractivity contribution in [3.8, 4) is 12.3 Å². The van der Waals surface area contributed by atoms with Crippen LogP contribution in [-0.2, 0) is 25.6 Å². The largest absolute Gasteiger partial charge is 0.368 e. The second-order valence-electron chi connectivity index (χ2n) is 6.74. The van der Waals surface area contributed by atoms with E-state index in [-0.39, 0.29) is 24.7 Å². The maximum Gasteiger partial charge on any atom is 0.243 e. The van der Waals surface area contributed by atoms with E-state index >= 15 is 0 Å². The van der Waals surface area contributed by atoms with Gasteiger partial charge in [-0.1, -0.05) is 37.3 Å². The molecule has 3 unspecified atom stereocenters. The van der Waals surface area contributed by atoms with Crippen molar-refractivity contribution in [2.24, 2.45) is 11.7 Å². The molecule has 0 saturated heterocycles. The molecule has 1 rings (SSSR count). The summed E-state index contributed by atoms with van der Waals surface area (Å²) in [4.78, 5) is 47.1. The number of carbonyl (C=O) groups excluding carboxylic acids is 4. The van der Waals surface area contributed by atoms with Crippen LogP contribution in [0.3, 0.4) is 0 Å². The maximum atomic E-state index is 12.7. The third kappa shape index (κ3) is 8.93. The number of rotatable bonds is 13. The molecule has 156 valence electrons. The van der Waals surface area contributed by atoms with Crippen LogP contribution in [-0.4, -0.2) is 42.8 Å². The number of carbonyl (C=O) groups is 4. The monoisotopic (exact) mass is 400 g/mol. The molecule has 0 aromatic heterocycles. The zero-order valence-electron chi connectivity index (χ0n) is 16.5. The fraction of sp³-hybridized carbons (Fsp3) is 0.429. The van der Waals surface area contributed by atoms with Crippen molar-refractivity contribution in [2.45, 2.75) is 44.7 Å². The zero-order chi connectivity index (χ0) is 21.6. The molecule has 4 amide bonds. The Morgan fingerprint density at radius 3 is 2.38 bits per heavy atom. The molecule has 0 bridgehead atoms. The molecule has 29 heavy (non-hydrogen) atoms. The van der Waals surface area contributed by atoms with Gasteiger partial charge >= 0.3 is 0 Å². The number of hydrogen-bond donors (Lipinski definition) is 4. The third-order valence-corrected chi connectivity index (χ3v) is 4.39. The maximum absolute atomic E-state index is 12.7. The molecule has 0 radical (unpaired) electrons. The molecule has 5 N–H and O–H groups in total. The number of nitrogens with two attached hydrogens (primary N) is 1. The average molecular weight is 400 g/mol. The van der Waals surface area contributed by atoms with Crippen LogP contribution in [0.25, 0.3) is 0 Å². The summed E-state index contributed by atoms with van der Waals surface area (Å²) in [6.45, 7) is 2.22. The molecule has 1 aromatic carbocycles. The number of nitrogens with one attached hydrogen (secondary N) is 3. The summed E-state index contributed by atoms with van der Waals surface area (Å²) >= 11 is 0. The van der Waals surface area contributed by atoms with Crippen molar-refractivity contribution in [3.05, 3.63) is 35.9 Å². The normalized spacial score (nSPS) is 13.2. The molecule has 0 heterocycles. The molecule has 0 fully saturated rings. The van der Waals surface area contributed by atoms with Gasteiger partial charge in [0.25, 0.3) is 0 Å².